The first kappa shape index (κ1) is 21.0. The van der Waals surface area contributed by atoms with Gasteiger partial charge in [-0.15, -0.1) is 6.58 Å². The Balaban J connectivity index is 1.80. The van der Waals surface area contributed by atoms with Crippen LogP contribution in [0, 0.1) is 5.82 Å². The molecule has 0 saturated heterocycles. The maximum absolute atomic E-state index is 13.9. The highest BCUT2D eigenvalue weighted by atomic mass is 35.5. The summed E-state index contributed by atoms with van der Waals surface area (Å²) in [4.78, 5) is 3.05. The summed E-state index contributed by atoms with van der Waals surface area (Å²) in [7, 11) is -1.35. The third-order valence-corrected chi connectivity index (χ3v) is 6.69. The van der Waals surface area contributed by atoms with Crippen molar-refractivity contribution < 1.29 is 8.60 Å². The van der Waals surface area contributed by atoms with Crippen LogP contribution < -0.4 is 4.31 Å². The fraction of sp³-hybridized carbons (Fsp3) is 0.364. The molecule has 0 bridgehead atoms. The number of halogens is 2. The summed E-state index contributed by atoms with van der Waals surface area (Å²) in [6, 6.07) is 11.8. The highest BCUT2D eigenvalue weighted by Gasteiger charge is 2.32. The summed E-state index contributed by atoms with van der Waals surface area (Å²) in [5.41, 5.74) is 1.79. The minimum atomic E-state index is -1.35. The van der Waals surface area contributed by atoms with E-state index in [1.807, 2.05) is 10.4 Å². The van der Waals surface area contributed by atoms with Crippen LogP contribution in [0.5, 0.6) is 0 Å². The zero-order chi connectivity index (χ0) is 20.1. The van der Waals surface area contributed by atoms with Gasteiger partial charge in [0.2, 0.25) is 0 Å². The van der Waals surface area contributed by atoms with Gasteiger partial charge in [-0.05, 0) is 74.0 Å². The summed E-state index contributed by atoms with van der Waals surface area (Å²) in [6.45, 7) is 9.37. The summed E-state index contributed by atoms with van der Waals surface area (Å²) >= 11 is 5.95. The van der Waals surface area contributed by atoms with E-state index >= 15 is 0 Å². The van der Waals surface area contributed by atoms with Crippen LogP contribution in [0.1, 0.15) is 31.2 Å². The standard InChI is InChI=1S/C22H26ClFN2OS/c1-3-12-25(13-4-2)14-11-17-16-26(22-10-7-19(24)15-21(17)22)28(27)20-8-5-18(23)6-9-20/h3,5-10,15,17H,1,4,11-14,16H2,2H3. The number of rotatable bonds is 9. The van der Waals surface area contributed by atoms with Gasteiger partial charge in [0.15, 0.2) is 11.0 Å². The first-order valence-corrected chi connectivity index (χ1v) is 11.1. The van der Waals surface area contributed by atoms with Crippen LogP contribution in [-0.2, 0) is 11.0 Å². The Hall–Kier alpha value is -1.69. The Kier molecular flexibility index (Phi) is 7.27. The number of fused-ring (bicyclic) bond motifs is 1. The van der Waals surface area contributed by atoms with Crippen LogP contribution in [0.25, 0.3) is 0 Å². The molecule has 150 valence electrons. The minimum absolute atomic E-state index is 0.145. The van der Waals surface area contributed by atoms with E-state index < -0.39 is 11.0 Å². The summed E-state index contributed by atoms with van der Waals surface area (Å²) in [5.74, 6) is -0.106. The number of anilines is 1. The van der Waals surface area contributed by atoms with E-state index in [0.29, 0.717) is 16.5 Å². The van der Waals surface area contributed by atoms with Gasteiger partial charge in [0.25, 0.3) is 0 Å². The van der Waals surface area contributed by atoms with Crippen LogP contribution >= 0.6 is 11.6 Å². The molecule has 0 radical (unpaired) electrons. The molecule has 0 N–H and O–H groups in total. The second-order valence-electron chi connectivity index (χ2n) is 7.04. The highest BCUT2D eigenvalue weighted by molar-refractivity contribution is 7.86. The van der Waals surface area contributed by atoms with Crippen LogP contribution in [-0.4, -0.2) is 35.3 Å². The molecule has 3 rings (SSSR count). The monoisotopic (exact) mass is 420 g/mol. The van der Waals surface area contributed by atoms with Gasteiger partial charge < -0.3 is 0 Å². The molecule has 2 unspecified atom stereocenters. The van der Waals surface area contributed by atoms with Crippen molar-refractivity contribution in [1.82, 2.24) is 4.90 Å². The summed E-state index contributed by atoms with van der Waals surface area (Å²) in [5, 5.41) is 0.612. The molecule has 0 amide bonds. The molecule has 2 aromatic carbocycles. The maximum Gasteiger partial charge on any atom is 0.152 e. The van der Waals surface area contributed by atoms with Gasteiger partial charge in [-0.3, -0.25) is 9.21 Å². The second-order valence-corrected chi connectivity index (χ2v) is 8.89. The van der Waals surface area contributed by atoms with Gasteiger partial charge >= 0.3 is 0 Å². The fourth-order valence-electron chi connectivity index (χ4n) is 3.69. The molecule has 1 aliphatic rings. The Morgan fingerprint density at radius 3 is 2.71 bits per heavy atom. The van der Waals surface area contributed by atoms with E-state index in [1.165, 1.54) is 6.07 Å². The second kappa shape index (κ2) is 9.68. The van der Waals surface area contributed by atoms with Crippen LogP contribution in [0.3, 0.4) is 0 Å². The quantitative estimate of drug-likeness (QED) is 0.507. The smallest absolute Gasteiger partial charge is 0.152 e. The molecule has 6 heteroatoms. The lowest BCUT2D eigenvalue weighted by molar-refractivity contribution is 0.291. The third-order valence-electron chi connectivity index (χ3n) is 5.02. The van der Waals surface area contributed by atoms with Gasteiger partial charge in [0.1, 0.15) is 5.82 Å². The summed E-state index contributed by atoms with van der Waals surface area (Å²) in [6.07, 6.45) is 3.88. The predicted octanol–water partition coefficient (Wildman–Crippen LogP) is 5.39. The summed E-state index contributed by atoms with van der Waals surface area (Å²) < 4.78 is 29.0. The largest absolute Gasteiger partial charge is 0.300 e. The molecule has 2 atom stereocenters. The first-order chi connectivity index (χ1) is 13.5. The Morgan fingerprint density at radius 2 is 2.04 bits per heavy atom. The lowest BCUT2D eigenvalue weighted by Gasteiger charge is -2.22. The third kappa shape index (κ3) is 4.83. The van der Waals surface area contributed by atoms with Crippen molar-refractivity contribution in [3.63, 3.8) is 0 Å². The Bertz CT molecular complexity index is 843. The number of hydrogen-bond donors (Lipinski definition) is 0. The SMILES string of the molecule is C=CCN(CCC)CCC1CN(S(=O)c2ccc(Cl)cc2)c2ccc(F)cc21. The zero-order valence-corrected chi connectivity index (χ0v) is 17.7. The maximum atomic E-state index is 13.9. The fourth-order valence-corrected chi connectivity index (χ4v) is 5.10. The van der Waals surface area contributed by atoms with Crippen LogP contribution in [0.15, 0.2) is 60.0 Å². The van der Waals surface area contributed by atoms with Crippen LogP contribution in [0.2, 0.25) is 5.02 Å². The van der Waals surface area contributed by atoms with Gasteiger partial charge in [-0.25, -0.2) is 8.60 Å². The molecular formula is C22H26ClFN2OS. The van der Waals surface area contributed by atoms with Crippen molar-refractivity contribution in [2.75, 3.05) is 30.5 Å². The van der Waals surface area contributed by atoms with E-state index in [9.17, 15) is 8.60 Å². The van der Waals surface area contributed by atoms with E-state index in [2.05, 4.69) is 18.4 Å². The van der Waals surface area contributed by atoms with Crippen molar-refractivity contribution in [1.29, 1.82) is 0 Å². The van der Waals surface area contributed by atoms with E-state index in [0.717, 1.165) is 43.7 Å². The minimum Gasteiger partial charge on any atom is -0.300 e. The first-order valence-electron chi connectivity index (χ1n) is 9.61. The van der Waals surface area contributed by atoms with E-state index in [4.69, 9.17) is 11.6 Å². The Labute approximate surface area is 174 Å². The van der Waals surface area contributed by atoms with Crippen molar-refractivity contribution >= 4 is 28.3 Å². The molecule has 0 fully saturated rings. The van der Waals surface area contributed by atoms with Crippen LogP contribution in [0.4, 0.5) is 10.1 Å². The predicted molar refractivity (Wildman–Crippen MR) is 116 cm³/mol. The molecule has 0 aromatic heterocycles. The van der Waals surface area contributed by atoms with Gasteiger partial charge in [-0.1, -0.05) is 24.6 Å². The normalized spacial score (nSPS) is 17.0. The van der Waals surface area contributed by atoms with Gasteiger partial charge in [0.05, 0.1) is 10.6 Å². The van der Waals surface area contributed by atoms with Gasteiger partial charge in [-0.2, -0.15) is 0 Å². The average molecular weight is 421 g/mol. The number of nitrogens with zero attached hydrogens (tertiary/aromatic N) is 2. The van der Waals surface area contributed by atoms with Crippen molar-refractivity contribution in [3.05, 3.63) is 71.5 Å². The van der Waals surface area contributed by atoms with Crippen molar-refractivity contribution in [2.24, 2.45) is 0 Å². The molecule has 0 spiro atoms. The topological polar surface area (TPSA) is 23.6 Å². The van der Waals surface area contributed by atoms with E-state index in [1.54, 1.807) is 36.4 Å². The number of benzene rings is 2. The molecule has 0 saturated carbocycles. The molecule has 2 aromatic rings. The zero-order valence-electron chi connectivity index (χ0n) is 16.1. The van der Waals surface area contributed by atoms with Crippen molar-refractivity contribution in [3.8, 4) is 0 Å². The van der Waals surface area contributed by atoms with E-state index in [-0.39, 0.29) is 11.7 Å². The van der Waals surface area contributed by atoms with Gasteiger partial charge in [0, 0.05) is 24.0 Å². The molecular weight excluding hydrogens is 395 g/mol. The molecule has 0 aliphatic carbocycles. The molecule has 28 heavy (non-hydrogen) atoms. The molecule has 1 aliphatic heterocycles. The molecule has 1 heterocycles. The lowest BCUT2D eigenvalue weighted by atomic mass is 9.97. The Morgan fingerprint density at radius 1 is 1.29 bits per heavy atom. The molecule has 3 nitrogen and oxygen atoms in total. The highest BCUT2D eigenvalue weighted by Crippen LogP contribution is 2.40. The van der Waals surface area contributed by atoms with Crippen molar-refractivity contribution in [2.45, 2.75) is 30.6 Å². The average Bonchev–Trinajstić information content (AvgIpc) is 3.04. The lowest BCUT2D eigenvalue weighted by Crippen LogP contribution is -2.29. The number of hydrogen-bond acceptors (Lipinski definition) is 2.